The molecule has 0 amide bonds. The lowest BCUT2D eigenvalue weighted by molar-refractivity contribution is 0.852. The van der Waals surface area contributed by atoms with Crippen molar-refractivity contribution in [3.8, 4) is 0 Å². The quantitative estimate of drug-likeness (QED) is 0.778. The molecule has 66 valence electrons. The average Bonchev–Trinajstić information content (AvgIpc) is 2.48. The van der Waals surface area contributed by atoms with Crippen molar-refractivity contribution in [1.82, 2.24) is 4.98 Å². The molecule has 0 fully saturated rings. The maximum absolute atomic E-state index is 5.34. The topological polar surface area (TPSA) is 38.9 Å². The van der Waals surface area contributed by atoms with Gasteiger partial charge in [-0.25, -0.2) is 4.98 Å². The van der Waals surface area contributed by atoms with E-state index in [0.29, 0.717) is 12.5 Å². The van der Waals surface area contributed by atoms with Crippen molar-refractivity contribution in [2.45, 2.75) is 19.8 Å². The minimum Gasteiger partial charge on any atom is -0.327 e. The summed E-state index contributed by atoms with van der Waals surface area (Å²) in [5, 5.41) is 1.19. The lowest BCUT2D eigenvalue weighted by Crippen LogP contribution is -1.91. The number of hydrogen-bond acceptors (Lipinski definition) is 3. The van der Waals surface area contributed by atoms with Gasteiger partial charge in [0.25, 0.3) is 0 Å². The highest BCUT2D eigenvalue weighted by Crippen LogP contribution is 2.21. The molecule has 1 aromatic heterocycles. The third-order valence-electron chi connectivity index (χ3n) is 1.45. The van der Waals surface area contributed by atoms with Crippen molar-refractivity contribution >= 4 is 17.4 Å². The lowest BCUT2D eigenvalue weighted by atomic mass is 10.2. The first-order valence-electron chi connectivity index (χ1n) is 4.06. The molecule has 1 heterocycles. The zero-order valence-electron chi connectivity index (χ0n) is 7.45. The smallest absolute Gasteiger partial charge is 0.0956 e. The second-order valence-corrected chi connectivity index (χ2v) is 3.99. The van der Waals surface area contributed by atoms with E-state index < -0.39 is 0 Å². The fourth-order valence-electron chi connectivity index (χ4n) is 0.829. The van der Waals surface area contributed by atoms with Crippen molar-refractivity contribution in [3.05, 3.63) is 22.2 Å². The first kappa shape index (κ1) is 9.42. The molecular weight excluding hydrogens is 168 g/mol. The largest absolute Gasteiger partial charge is 0.327 e. The Balaban J connectivity index is 2.70. The summed E-state index contributed by atoms with van der Waals surface area (Å²) in [6.07, 6.45) is 5.85. The highest BCUT2D eigenvalue weighted by molar-refractivity contribution is 7.12. The molecule has 0 bridgehead atoms. The highest BCUT2D eigenvalue weighted by Gasteiger charge is 2.02. The van der Waals surface area contributed by atoms with Crippen LogP contribution in [0.1, 0.15) is 29.7 Å². The predicted octanol–water partition coefficient (Wildman–Crippen LogP) is 2.24. The molecule has 0 saturated carbocycles. The molecule has 0 atom stereocenters. The van der Waals surface area contributed by atoms with Gasteiger partial charge in [0, 0.05) is 23.5 Å². The van der Waals surface area contributed by atoms with Gasteiger partial charge < -0.3 is 5.73 Å². The monoisotopic (exact) mass is 182 g/mol. The number of hydrogen-bond donors (Lipinski definition) is 1. The molecule has 0 aliphatic heterocycles. The lowest BCUT2D eigenvalue weighted by Gasteiger charge is -1.94. The summed E-state index contributed by atoms with van der Waals surface area (Å²) in [5.74, 6) is 0.523. The van der Waals surface area contributed by atoms with E-state index in [0.717, 1.165) is 0 Å². The Kier molecular flexibility index (Phi) is 3.44. The zero-order chi connectivity index (χ0) is 8.97. The van der Waals surface area contributed by atoms with E-state index in [4.69, 9.17) is 5.73 Å². The van der Waals surface area contributed by atoms with Crippen LogP contribution in [0, 0.1) is 0 Å². The van der Waals surface area contributed by atoms with Crippen LogP contribution in [0.15, 0.2) is 12.3 Å². The Morgan fingerprint density at radius 1 is 1.67 bits per heavy atom. The standard InChI is InChI=1S/C9H14N2S/c1-7(2)9-11-6-8(12-9)4-3-5-10/h3-4,6-7H,5,10H2,1-2H3/b4-3+. The minimum atomic E-state index is 0.523. The number of rotatable bonds is 3. The predicted molar refractivity (Wildman–Crippen MR) is 54.3 cm³/mol. The van der Waals surface area contributed by atoms with Gasteiger partial charge >= 0.3 is 0 Å². The summed E-state index contributed by atoms with van der Waals surface area (Å²) >= 11 is 1.73. The maximum atomic E-state index is 5.34. The third kappa shape index (κ3) is 2.43. The summed E-state index contributed by atoms with van der Waals surface area (Å²) in [7, 11) is 0. The fraction of sp³-hybridized carbons (Fsp3) is 0.444. The second kappa shape index (κ2) is 4.38. The van der Waals surface area contributed by atoms with Crippen LogP contribution in [0.5, 0.6) is 0 Å². The molecule has 0 saturated heterocycles. The van der Waals surface area contributed by atoms with E-state index >= 15 is 0 Å². The van der Waals surface area contributed by atoms with Gasteiger partial charge in [-0.2, -0.15) is 0 Å². The van der Waals surface area contributed by atoms with Gasteiger partial charge in [-0.05, 0) is 6.08 Å². The SMILES string of the molecule is CC(C)c1ncc(/C=C/CN)s1. The Labute approximate surface area is 77.1 Å². The number of thiazole rings is 1. The average molecular weight is 182 g/mol. The first-order chi connectivity index (χ1) is 5.74. The van der Waals surface area contributed by atoms with Crippen LogP contribution in [0.3, 0.4) is 0 Å². The minimum absolute atomic E-state index is 0.523. The van der Waals surface area contributed by atoms with Crippen LogP contribution in [-0.4, -0.2) is 11.5 Å². The molecule has 1 aromatic rings. The molecular formula is C9H14N2S. The Bertz CT molecular complexity index is 263. The molecule has 0 aliphatic rings. The Hall–Kier alpha value is -0.670. The van der Waals surface area contributed by atoms with Crippen molar-refractivity contribution < 1.29 is 0 Å². The van der Waals surface area contributed by atoms with Gasteiger partial charge in [0.2, 0.25) is 0 Å². The molecule has 2 nitrogen and oxygen atoms in total. The van der Waals surface area contributed by atoms with Gasteiger partial charge in [-0.1, -0.05) is 19.9 Å². The third-order valence-corrected chi connectivity index (χ3v) is 2.72. The maximum Gasteiger partial charge on any atom is 0.0956 e. The summed E-state index contributed by atoms with van der Waals surface area (Å²) in [5.41, 5.74) is 5.34. The second-order valence-electron chi connectivity index (χ2n) is 2.89. The summed E-state index contributed by atoms with van der Waals surface area (Å²) in [6.45, 7) is 4.89. The van der Waals surface area contributed by atoms with Crippen molar-refractivity contribution in [3.63, 3.8) is 0 Å². The first-order valence-corrected chi connectivity index (χ1v) is 4.88. The molecule has 1 rings (SSSR count). The molecule has 12 heavy (non-hydrogen) atoms. The Morgan fingerprint density at radius 2 is 2.42 bits per heavy atom. The molecule has 0 unspecified atom stereocenters. The molecule has 3 heteroatoms. The van der Waals surface area contributed by atoms with Crippen molar-refractivity contribution in [1.29, 1.82) is 0 Å². The number of nitrogens with zero attached hydrogens (tertiary/aromatic N) is 1. The van der Waals surface area contributed by atoms with Crippen molar-refractivity contribution in [2.75, 3.05) is 6.54 Å². The normalized spacial score (nSPS) is 11.7. The van der Waals surface area contributed by atoms with Crippen LogP contribution < -0.4 is 5.73 Å². The molecule has 2 N–H and O–H groups in total. The van der Waals surface area contributed by atoms with Crippen LogP contribution in [0.4, 0.5) is 0 Å². The van der Waals surface area contributed by atoms with Crippen LogP contribution in [-0.2, 0) is 0 Å². The summed E-state index contributed by atoms with van der Waals surface area (Å²) in [4.78, 5) is 5.48. The molecule has 0 spiro atoms. The van der Waals surface area contributed by atoms with Gasteiger partial charge in [0.15, 0.2) is 0 Å². The van der Waals surface area contributed by atoms with Crippen LogP contribution in [0.2, 0.25) is 0 Å². The Morgan fingerprint density at radius 3 is 2.92 bits per heavy atom. The summed E-state index contributed by atoms with van der Waals surface area (Å²) in [6, 6.07) is 0. The molecule has 0 radical (unpaired) electrons. The van der Waals surface area contributed by atoms with E-state index in [-0.39, 0.29) is 0 Å². The zero-order valence-corrected chi connectivity index (χ0v) is 8.27. The van der Waals surface area contributed by atoms with E-state index in [1.54, 1.807) is 11.3 Å². The van der Waals surface area contributed by atoms with E-state index in [9.17, 15) is 0 Å². The van der Waals surface area contributed by atoms with Gasteiger partial charge in [0.05, 0.1) is 5.01 Å². The van der Waals surface area contributed by atoms with Gasteiger partial charge in [0.1, 0.15) is 0 Å². The van der Waals surface area contributed by atoms with E-state index in [1.807, 2.05) is 18.3 Å². The van der Waals surface area contributed by atoms with Crippen molar-refractivity contribution in [2.24, 2.45) is 5.73 Å². The van der Waals surface area contributed by atoms with E-state index in [1.165, 1.54) is 9.88 Å². The summed E-state index contributed by atoms with van der Waals surface area (Å²) < 4.78 is 0. The van der Waals surface area contributed by atoms with Crippen LogP contribution in [0.25, 0.3) is 6.08 Å². The molecule has 0 aliphatic carbocycles. The fourth-order valence-corrected chi connectivity index (χ4v) is 1.68. The number of nitrogens with two attached hydrogens (primary N) is 1. The molecule has 0 aromatic carbocycles. The van der Waals surface area contributed by atoms with Gasteiger partial charge in [-0.15, -0.1) is 11.3 Å². The van der Waals surface area contributed by atoms with E-state index in [2.05, 4.69) is 18.8 Å². The highest BCUT2D eigenvalue weighted by atomic mass is 32.1. The van der Waals surface area contributed by atoms with Crippen LogP contribution >= 0.6 is 11.3 Å². The van der Waals surface area contributed by atoms with Gasteiger partial charge in [-0.3, -0.25) is 0 Å². The number of aromatic nitrogens is 1.